The third kappa shape index (κ3) is 3.03. The number of rotatable bonds is 2. The van der Waals surface area contributed by atoms with E-state index < -0.39 is 0 Å². The number of ether oxygens (including phenoxy) is 1. The van der Waals surface area contributed by atoms with Crippen LogP contribution in [-0.4, -0.2) is 5.97 Å². The molecule has 1 aliphatic carbocycles. The number of hydrogen-bond acceptors (Lipinski definition) is 3. The maximum Gasteiger partial charge on any atom is 0.314 e. The van der Waals surface area contributed by atoms with Crippen molar-refractivity contribution in [1.29, 1.82) is 0 Å². The van der Waals surface area contributed by atoms with Crippen LogP contribution in [0.4, 0.5) is 5.69 Å². The lowest BCUT2D eigenvalue weighted by Gasteiger charge is -2.24. The Morgan fingerprint density at radius 2 is 1.94 bits per heavy atom. The molecule has 0 atom stereocenters. The first-order valence-corrected chi connectivity index (χ1v) is 6.64. The molecule has 2 N–H and O–H groups in total. The molecule has 1 fully saturated rings. The van der Waals surface area contributed by atoms with Crippen molar-refractivity contribution in [2.45, 2.75) is 39.5 Å². The molecular weight excluding hydrogens is 226 g/mol. The Morgan fingerprint density at radius 1 is 1.28 bits per heavy atom. The van der Waals surface area contributed by atoms with E-state index in [1.165, 1.54) is 0 Å². The smallest absolute Gasteiger partial charge is 0.314 e. The minimum absolute atomic E-state index is 0.0590. The molecule has 1 aromatic carbocycles. The molecule has 1 aromatic rings. The van der Waals surface area contributed by atoms with Crippen molar-refractivity contribution in [2.24, 2.45) is 11.8 Å². The van der Waals surface area contributed by atoms with Crippen molar-refractivity contribution in [3.05, 3.63) is 23.8 Å². The van der Waals surface area contributed by atoms with Gasteiger partial charge in [-0.3, -0.25) is 4.79 Å². The lowest BCUT2D eigenvalue weighted by atomic mass is 9.83. The standard InChI is InChI=1S/C15H21NO2/c1-10-3-6-12(7-4-10)15(17)18-13-8-5-11(2)14(16)9-13/h5,8-10,12H,3-4,6-7,16H2,1-2H3. The number of anilines is 1. The second kappa shape index (κ2) is 5.42. The Bertz CT molecular complexity index is 434. The number of aryl methyl sites for hydroxylation is 1. The van der Waals surface area contributed by atoms with Crippen molar-refractivity contribution in [2.75, 3.05) is 5.73 Å². The summed E-state index contributed by atoms with van der Waals surface area (Å²) in [5.41, 5.74) is 7.47. The number of carbonyl (C=O) groups excluding carboxylic acids is 1. The second-order valence-electron chi connectivity index (χ2n) is 5.40. The molecule has 0 spiro atoms. The average Bonchev–Trinajstić information content (AvgIpc) is 2.34. The van der Waals surface area contributed by atoms with Crippen LogP contribution in [0.25, 0.3) is 0 Å². The van der Waals surface area contributed by atoms with E-state index in [1.807, 2.05) is 13.0 Å². The van der Waals surface area contributed by atoms with Crippen LogP contribution >= 0.6 is 0 Å². The largest absolute Gasteiger partial charge is 0.426 e. The summed E-state index contributed by atoms with van der Waals surface area (Å²) in [7, 11) is 0. The van der Waals surface area contributed by atoms with Crippen LogP contribution in [0.15, 0.2) is 18.2 Å². The highest BCUT2D eigenvalue weighted by Crippen LogP contribution is 2.30. The third-order valence-corrected chi connectivity index (χ3v) is 3.82. The second-order valence-corrected chi connectivity index (χ2v) is 5.40. The van der Waals surface area contributed by atoms with Crippen molar-refractivity contribution in [3.63, 3.8) is 0 Å². The van der Waals surface area contributed by atoms with E-state index in [2.05, 4.69) is 6.92 Å². The van der Waals surface area contributed by atoms with E-state index >= 15 is 0 Å². The maximum absolute atomic E-state index is 12.0. The molecular formula is C15H21NO2. The summed E-state index contributed by atoms with van der Waals surface area (Å²) in [5.74, 6) is 1.25. The van der Waals surface area contributed by atoms with Crippen molar-refractivity contribution in [3.8, 4) is 5.75 Å². The van der Waals surface area contributed by atoms with Crippen molar-refractivity contribution < 1.29 is 9.53 Å². The molecule has 0 amide bonds. The van der Waals surface area contributed by atoms with E-state index in [9.17, 15) is 4.79 Å². The molecule has 3 nitrogen and oxygen atoms in total. The van der Waals surface area contributed by atoms with E-state index in [0.717, 1.165) is 37.2 Å². The zero-order valence-electron chi connectivity index (χ0n) is 11.1. The molecule has 1 aliphatic rings. The van der Waals surface area contributed by atoms with Gasteiger partial charge in [-0.15, -0.1) is 0 Å². The number of nitrogen functional groups attached to an aromatic ring is 1. The van der Waals surface area contributed by atoms with Gasteiger partial charge >= 0.3 is 5.97 Å². The lowest BCUT2D eigenvalue weighted by Crippen LogP contribution is -2.25. The monoisotopic (exact) mass is 247 g/mol. The Balaban J connectivity index is 1.96. The lowest BCUT2D eigenvalue weighted by molar-refractivity contribution is -0.140. The van der Waals surface area contributed by atoms with E-state index in [1.54, 1.807) is 12.1 Å². The molecule has 0 radical (unpaired) electrons. The first kappa shape index (κ1) is 12.9. The molecule has 0 aromatic heterocycles. The highest BCUT2D eigenvalue weighted by Gasteiger charge is 2.25. The van der Waals surface area contributed by atoms with Crippen LogP contribution in [0.3, 0.4) is 0 Å². The van der Waals surface area contributed by atoms with Crippen molar-refractivity contribution >= 4 is 11.7 Å². The fourth-order valence-corrected chi connectivity index (χ4v) is 2.38. The summed E-state index contributed by atoms with van der Waals surface area (Å²) < 4.78 is 5.41. The van der Waals surface area contributed by atoms with Crippen LogP contribution in [0.1, 0.15) is 38.2 Å². The fourth-order valence-electron chi connectivity index (χ4n) is 2.38. The summed E-state index contributed by atoms with van der Waals surface area (Å²) in [6.45, 7) is 4.17. The summed E-state index contributed by atoms with van der Waals surface area (Å²) in [4.78, 5) is 12.0. The van der Waals surface area contributed by atoms with Crippen LogP contribution < -0.4 is 10.5 Å². The van der Waals surface area contributed by atoms with Gasteiger partial charge < -0.3 is 10.5 Å². The molecule has 2 rings (SSSR count). The minimum Gasteiger partial charge on any atom is -0.426 e. The zero-order chi connectivity index (χ0) is 13.1. The van der Waals surface area contributed by atoms with Gasteiger partial charge in [-0.25, -0.2) is 0 Å². The number of hydrogen-bond donors (Lipinski definition) is 1. The number of carbonyl (C=O) groups is 1. The van der Waals surface area contributed by atoms with Gasteiger partial charge in [0.1, 0.15) is 5.75 Å². The van der Waals surface area contributed by atoms with E-state index in [0.29, 0.717) is 11.4 Å². The predicted octanol–water partition coefficient (Wildman–Crippen LogP) is 3.31. The number of benzene rings is 1. The van der Waals surface area contributed by atoms with Gasteiger partial charge in [-0.2, -0.15) is 0 Å². The Morgan fingerprint density at radius 3 is 2.56 bits per heavy atom. The molecule has 18 heavy (non-hydrogen) atoms. The minimum atomic E-state index is -0.106. The molecule has 0 saturated heterocycles. The first-order chi connectivity index (χ1) is 8.56. The first-order valence-electron chi connectivity index (χ1n) is 6.64. The Kier molecular flexibility index (Phi) is 3.90. The molecule has 1 saturated carbocycles. The topological polar surface area (TPSA) is 52.3 Å². The van der Waals surface area contributed by atoms with Gasteiger partial charge in [-0.1, -0.05) is 13.0 Å². The van der Waals surface area contributed by atoms with E-state index in [-0.39, 0.29) is 11.9 Å². The summed E-state index contributed by atoms with van der Waals surface area (Å²) in [5, 5.41) is 0. The van der Waals surface area contributed by atoms with Gasteiger partial charge in [0, 0.05) is 11.8 Å². The molecule has 3 heteroatoms. The Labute approximate surface area is 108 Å². The van der Waals surface area contributed by atoms with Gasteiger partial charge in [0.2, 0.25) is 0 Å². The molecule has 0 heterocycles. The van der Waals surface area contributed by atoms with Crippen LogP contribution in [0.5, 0.6) is 5.75 Å². The zero-order valence-corrected chi connectivity index (χ0v) is 11.1. The molecule has 0 unspecified atom stereocenters. The quantitative estimate of drug-likeness (QED) is 0.495. The van der Waals surface area contributed by atoms with Crippen molar-refractivity contribution in [1.82, 2.24) is 0 Å². The number of nitrogens with two attached hydrogens (primary N) is 1. The normalized spacial score (nSPS) is 23.7. The van der Waals surface area contributed by atoms with Crippen LogP contribution in [-0.2, 0) is 4.79 Å². The van der Waals surface area contributed by atoms with Crippen LogP contribution in [0.2, 0.25) is 0 Å². The molecule has 0 bridgehead atoms. The molecule has 98 valence electrons. The number of esters is 1. The highest BCUT2D eigenvalue weighted by molar-refractivity contribution is 5.75. The van der Waals surface area contributed by atoms with Crippen LogP contribution in [0, 0.1) is 18.8 Å². The average molecular weight is 247 g/mol. The fraction of sp³-hybridized carbons (Fsp3) is 0.533. The SMILES string of the molecule is Cc1ccc(OC(=O)C2CCC(C)CC2)cc1N. The maximum atomic E-state index is 12.0. The van der Waals surface area contributed by atoms with Gasteiger partial charge in [-0.05, 0) is 50.2 Å². The Hall–Kier alpha value is -1.51. The van der Waals surface area contributed by atoms with Gasteiger partial charge in [0.15, 0.2) is 0 Å². The van der Waals surface area contributed by atoms with Gasteiger partial charge in [0.25, 0.3) is 0 Å². The molecule has 0 aliphatic heterocycles. The summed E-state index contributed by atoms with van der Waals surface area (Å²) >= 11 is 0. The predicted molar refractivity (Wildman–Crippen MR) is 72.3 cm³/mol. The summed E-state index contributed by atoms with van der Waals surface area (Å²) in [6.07, 6.45) is 4.13. The highest BCUT2D eigenvalue weighted by atomic mass is 16.5. The van der Waals surface area contributed by atoms with E-state index in [4.69, 9.17) is 10.5 Å². The summed E-state index contributed by atoms with van der Waals surface area (Å²) in [6, 6.07) is 5.40. The van der Waals surface area contributed by atoms with Gasteiger partial charge in [0.05, 0.1) is 5.92 Å². The third-order valence-electron chi connectivity index (χ3n) is 3.82.